The summed E-state index contributed by atoms with van der Waals surface area (Å²) in [6.07, 6.45) is 2.31. The Hall–Kier alpha value is -1.91. The van der Waals surface area contributed by atoms with Crippen LogP contribution in [0.1, 0.15) is 29.6 Å². The molecule has 1 amide bonds. The average Bonchev–Trinajstić information content (AvgIpc) is 2.45. The highest BCUT2D eigenvalue weighted by atomic mass is 19.1. The number of benzene rings is 1. The SMILES string of the molecule is COC(=O)[C@H]1CCCCN1C(=O)c1cccc(F)c1. The van der Waals surface area contributed by atoms with Gasteiger partial charge in [0.2, 0.25) is 0 Å². The van der Waals surface area contributed by atoms with Crippen molar-refractivity contribution in [1.82, 2.24) is 4.90 Å². The summed E-state index contributed by atoms with van der Waals surface area (Å²) in [6, 6.07) is 4.94. The number of carbonyl (C=O) groups is 2. The highest BCUT2D eigenvalue weighted by molar-refractivity contribution is 5.96. The summed E-state index contributed by atoms with van der Waals surface area (Å²) in [5.41, 5.74) is 0.260. The number of nitrogens with zero attached hydrogens (tertiary/aromatic N) is 1. The molecule has 0 saturated carbocycles. The fourth-order valence-corrected chi connectivity index (χ4v) is 2.34. The van der Waals surface area contributed by atoms with Gasteiger partial charge in [0.15, 0.2) is 0 Å². The van der Waals surface area contributed by atoms with Crippen LogP contribution >= 0.6 is 0 Å². The zero-order valence-electron chi connectivity index (χ0n) is 10.8. The number of amides is 1. The number of methoxy groups -OCH3 is 1. The molecule has 1 atom stereocenters. The minimum atomic E-state index is -0.561. The molecule has 0 bridgehead atoms. The topological polar surface area (TPSA) is 46.6 Å². The van der Waals surface area contributed by atoms with Gasteiger partial charge in [-0.3, -0.25) is 4.79 Å². The van der Waals surface area contributed by atoms with E-state index in [0.717, 1.165) is 12.8 Å². The molecule has 1 fully saturated rings. The first-order chi connectivity index (χ1) is 9.13. The van der Waals surface area contributed by atoms with Crippen LogP contribution in [-0.2, 0) is 9.53 Å². The largest absolute Gasteiger partial charge is 0.467 e. The number of likely N-dealkylation sites (tertiary alicyclic amines) is 1. The Morgan fingerprint density at radius 2 is 2.16 bits per heavy atom. The zero-order chi connectivity index (χ0) is 13.8. The zero-order valence-corrected chi connectivity index (χ0v) is 10.8. The number of piperidine rings is 1. The lowest BCUT2D eigenvalue weighted by Gasteiger charge is -2.33. The van der Waals surface area contributed by atoms with Crippen LogP contribution in [0.5, 0.6) is 0 Å². The summed E-state index contributed by atoms with van der Waals surface area (Å²) in [6.45, 7) is 0.495. The molecule has 1 aromatic rings. The average molecular weight is 265 g/mol. The molecule has 4 nitrogen and oxygen atoms in total. The standard InChI is InChI=1S/C14H16FNO3/c1-19-14(18)12-7-2-3-8-16(12)13(17)10-5-4-6-11(15)9-10/h4-6,9,12H,2-3,7-8H2,1H3/t12-/m1/s1. The molecule has 1 heterocycles. The molecule has 1 aliphatic rings. The minimum Gasteiger partial charge on any atom is -0.467 e. The van der Waals surface area contributed by atoms with Gasteiger partial charge in [-0.15, -0.1) is 0 Å². The quantitative estimate of drug-likeness (QED) is 0.768. The van der Waals surface area contributed by atoms with Crippen molar-refractivity contribution in [3.8, 4) is 0 Å². The second-order valence-corrected chi connectivity index (χ2v) is 4.54. The van der Waals surface area contributed by atoms with E-state index in [1.807, 2.05) is 0 Å². The smallest absolute Gasteiger partial charge is 0.328 e. The van der Waals surface area contributed by atoms with Gasteiger partial charge in [0, 0.05) is 12.1 Å². The highest BCUT2D eigenvalue weighted by Crippen LogP contribution is 2.21. The third-order valence-electron chi connectivity index (χ3n) is 3.31. The van der Waals surface area contributed by atoms with Gasteiger partial charge in [-0.05, 0) is 37.5 Å². The molecule has 102 valence electrons. The summed E-state index contributed by atoms with van der Waals surface area (Å²) >= 11 is 0. The summed E-state index contributed by atoms with van der Waals surface area (Å²) < 4.78 is 17.9. The van der Waals surface area contributed by atoms with Gasteiger partial charge in [0.05, 0.1) is 7.11 Å². The molecule has 19 heavy (non-hydrogen) atoms. The first-order valence-corrected chi connectivity index (χ1v) is 6.28. The van der Waals surface area contributed by atoms with E-state index in [1.54, 1.807) is 6.07 Å². The molecule has 5 heteroatoms. The maximum Gasteiger partial charge on any atom is 0.328 e. The van der Waals surface area contributed by atoms with E-state index in [2.05, 4.69) is 0 Å². The van der Waals surface area contributed by atoms with E-state index in [9.17, 15) is 14.0 Å². The third-order valence-corrected chi connectivity index (χ3v) is 3.31. The van der Waals surface area contributed by atoms with Gasteiger partial charge in [-0.2, -0.15) is 0 Å². The van der Waals surface area contributed by atoms with Crippen LogP contribution < -0.4 is 0 Å². The van der Waals surface area contributed by atoms with Crippen LogP contribution in [0, 0.1) is 5.82 Å². The van der Waals surface area contributed by atoms with Crippen molar-refractivity contribution >= 4 is 11.9 Å². The molecular weight excluding hydrogens is 249 g/mol. The lowest BCUT2D eigenvalue weighted by Crippen LogP contribution is -2.48. The van der Waals surface area contributed by atoms with Gasteiger partial charge >= 0.3 is 5.97 Å². The number of ether oxygens (including phenoxy) is 1. The predicted octanol–water partition coefficient (Wildman–Crippen LogP) is 1.99. The highest BCUT2D eigenvalue weighted by Gasteiger charge is 2.33. The number of hydrogen-bond acceptors (Lipinski definition) is 3. The third kappa shape index (κ3) is 2.92. The van der Waals surface area contributed by atoms with Gasteiger partial charge < -0.3 is 9.64 Å². The summed E-state index contributed by atoms with van der Waals surface area (Å²) in [5.74, 6) is -1.20. The maximum absolute atomic E-state index is 13.2. The molecule has 1 saturated heterocycles. The Labute approximate surface area is 111 Å². The van der Waals surface area contributed by atoms with Crippen molar-refractivity contribution < 1.29 is 18.7 Å². The van der Waals surface area contributed by atoms with E-state index in [4.69, 9.17) is 4.74 Å². The van der Waals surface area contributed by atoms with Crippen molar-refractivity contribution in [2.45, 2.75) is 25.3 Å². The minimum absolute atomic E-state index is 0.260. The van der Waals surface area contributed by atoms with Gasteiger partial charge in [-0.1, -0.05) is 6.07 Å². The Balaban J connectivity index is 2.22. The molecular formula is C14H16FNO3. The van der Waals surface area contributed by atoms with Crippen LogP contribution in [0.3, 0.4) is 0 Å². The monoisotopic (exact) mass is 265 g/mol. The van der Waals surface area contributed by atoms with E-state index < -0.39 is 17.8 Å². The molecule has 2 rings (SSSR count). The van der Waals surface area contributed by atoms with E-state index in [1.165, 1.54) is 30.2 Å². The maximum atomic E-state index is 13.2. The Bertz CT molecular complexity index is 489. The number of rotatable bonds is 2. The lowest BCUT2D eigenvalue weighted by atomic mass is 10.0. The Morgan fingerprint density at radius 1 is 1.37 bits per heavy atom. The summed E-state index contributed by atoms with van der Waals surface area (Å²) in [7, 11) is 1.31. The normalized spacial score (nSPS) is 19.1. The van der Waals surface area contributed by atoms with Crippen molar-refractivity contribution in [2.24, 2.45) is 0 Å². The van der Waals surface area contributed by atoms with Crippen LogP contribution in [-0.4, -0.2) is 36.5 Å². The van der Waals surface area contributed by atoms with Crippen LogP contribution in [0.4, 0.5) is 4.39 Å². The number of esters is 1. The number of carbonyl (C=O) groups excluding carboxylic acids is 2. The fourth-order valence-electron chi connectivity index (χ4n) is 2.34. The molecule has 1 aromatic carbocycles. The van der Waals surface area contributed by atoms with E-state index >= 15 is 0 Å². The lowest BCUT2D eigenvalue weighted by molar-refractivity contribution is -0.147. The van der Waals surface area contributed by atoms with E-state index in [0.29, 0.717) is 13.0 Å². The van der Waals surface area contributed by atoms with Gasteiger partial charge in [0.25, 0.3) is 5.91 Å². The van der Waals surface area contributed by atoms with Gasteiger partial charge in [0.1, 0.15) is 11.9 Å². The van der Waals surface area contributed by atoms with Crippen LogP contribution in [0.2, 0.25) is 0 Å². The van der Waals surface area contributed by atoms with Crippen molar-refractivity contribution in [3.05, 3.63) is 35.6 Å². The summed E-state index contributed by atoms with van der Waals surface area (Å²) in [5, 5.41) is 0. The van der Waals surface area contributed by atoms with Crippen molar-refractivity contribution in [1.29, 1.82) is 0 Å². The summed E-state index contributed by atoms with van der Waals surface area (Å²) in [4.78, 5) is 25.5. The molecule has 0 unspecified atom stereocenters. The van der Waals surface area contributed by atoms with Crippen molar-refractivity contribution in [2.75, 3.05) is 13.7 Å². The second-order valence-electron chi connectivity index (χ2n) is 4.54. The first kappa shape index (κ1) is 13.5. The molecule has 0 N–H and O–H groups in total. The Morgan fingerprint density at radius 3 is 2.84 bits per heavy atom. The van der Waals surface area contributed by atoms with Crippen molar-refractivity contribution in [3.63, 3.8) is 0 Å². The van der Waals surface area contributed by atoms with E-state index in [-0.39, 0.29) is 11.5 Å². The van der Waals surface area contributed by atoms with Crippen LogP contribution in [0.15, 0.2) is 24.3 Å². The van der Waals surface area contributed by atoms with Crippen LogP contribution in [0.25, 0.3) is 0 Å². The predicted molar refractivity (Wildman–Crippen MR) is 67.1 cm³/mol. The number of halogens is 1. The molecule has 0 radical (unpaired) electrons. The molecule has 0 aliphatic carbocycles. The fraction of sp³-hybridized carbons (Fsp3) is 0.429. The molecule has 0 spiro atoms. The molecule has 1 aliphatic heterocycles. The number of hydrogen-bond donors (Lipinski definition) is 0. The van der Waals surface area contributed by atoms with Gasteiger partial charge in [-0.25, -0.2) is 9.18 Å². The Kier molecular flexibility index (Phi) is 4.14. The first-order valence-electron chi connectivity index (χ1n) is 6.28. The second kappa shape index (κ2) is 5.82. The molecule has 0 aromatic heterocycles.